The van der Waals surface area contributed by atoms with Crippen molar-refractivity contribution in [2.24, 2.45) is 7.05 Å². The molecule has 1 unspecified atom stereocenters. The number of aliphatic carboxylic acids is 1. The Labute approximate surface area is 196 Å². The molecular weight excluding hydrogens is 436 g/mol. The van der Waals surface area contributed by atoms with E-state index in [0.29, 0.717) is 5.69 Å². The lowest BCUT2D eigenvalue weighted by atomic mass is 9.98. The number of carboxylic acid groups (broad SMARTS) is 1. The van der Waals surface area contributed by atoms with Crippen LogP contribution in [-0.2, 0) is 21.4 Å². The highest BCUT2D eigenvalue weighted by molar-refractivity contribution is 5.87. The van der Waals surface area contributed by atoms with Crippen molar-refractivity contribution in [3.8, 4) is 11.1 Å². The van der Waals surface area contributed by atoms with Crippen LogP contribution in [0.5, 0.6) is 0 Å². The number of aromatic nitrogens is 2. The van der Waals surface area contributed by atoms with E-state index in [1.54, 1.807) is 13.1 Å². The zero-order chi connectivity index (χ0) is 24.1. The Morgan fingerprint density at radius 1 is 1.09 bits per heavy atom. The molecule has 0 bridgehead atoms. The number of amides is 2. The van der Waals surface area contributed by atoms with E-state index < -0.39 is 24.0 Å². The molecule has 0 fully saturated rings. The highest BCUT2D eigenvalue weighted by Crippen LogP contribution is 2.44. The Bertz CT molecular complexity index is 1200. The number of nitrogens with one attached hydrogen (secondary N) is 2. The van der Waals surface area contributed by atoms with Gasteiger partial charge in [-0.2, -0.15) is 5.10 Å². The minimum absolute atomic E-state index is 0.00808. The average molecular weight is 460 g/mol. The van der Waals surface area contributed by atoms with Crippen LogP contribution in [0, 0.1) is 0 Å². The van der Waals surface area contributed by atoms with Gasteiger partial charge in [0, 0.05) is 31.8 Å². The predicted octanol–water partition coefficient (Wildman–Crippen LogP) is 2.76. The molecule has 0 spiro atoms. The zero-order valence-electron chi connectivity index (χ0n) is 18.5. The molecule has 1 aliphatic rings. The quantitative estimate of drug-likeness (QED) is 0.444. The molecule has 1 heterocycles. The molecule has 0 saturated heterocycles. The van der Waals surface area contributed by atoms with Gasteiger partial charge in [0.2, 0.25) is 5.91 Å². The van der Waals surface area contributed by atoms with E-state index in [-0.39, 0.29) is 19.1 Å². The molecule has 34 heavy (non-hydrogen) atoms. The van der Waals surface area contributed by atoms with E-state index in [0.717, 1.165) is 28.3 Å². The van der Waals surface area contributed by atoms with Gasteiger partial charge in [-0.25, -0.2) is 9.59 Å². The molecule has 9 nitrogen and oxygen atoms in total. The first-order valence-corrected chi connectivity index (χ1v) is 10.7. The Balaban J connectivity index is 1.45. The molecule has 1 aromatic heterocycles. The number of carboxylic acids is 1. The Morgan fingerprint density at radius 2 is 1.74 bits per heavy atom. The Morgan fingerprint density at radius 3 is 2.32 bits per heavy atom. The minimum Gasteiger partial charge on any atom is -0.478 e. The van der Waals surface area contributed by atoms with Crippen LogP contribution < -0.4 is 10.6 Å². The maximum atomic E-state index is 12.8. The van der Waals surface area contributed by atoms with Crippen molar-refractivity contribution in [2.75, 3.05) is 13.2 Å². The topological polar surface area (TPSA) is 123 Å². The number of nitrogens with zero attached hydrogens (tertiary/aromatic N) is 2. The summed E-state index contributed by atoms with van der Waals surface area (Å²) in [5, 5.41) is 17.9. The molecule has 9 heteroatoms. The van der Waals surface area contributed by atoms with Crippen molar-refractivity contribution >= 4 is 18.0 Å². The molecule has 0 saturated carbocycles. The number of rotatable bonds is 8. The van der Waals surface area contributed by atoms with E-state index in [2.05, 4.69) is 27.9 Å². The molecule has 0 aliphatic heterocycles. The van der Waals surface area contributed by atoms with E-state index in [9.17, 15) is 14.4 Å². The highest BCUT2D eigenvalue weighted by Gasteiger charge is 2.30. The first-order valence-electron chi connectivity index (χ1n) is 10.7. The molecule has 174 valence electrons. The van der Waals surface area contributed by atoms with Gasteiger partial charge >= 0.3 is 12.1 Å². The number of ether oxygens (including phenoxy) is 1. The van der Waals surface area contributed by atoms with Gasteiger partial charge in [0.15, 0.2) is 6.04 Å². The number of hydrogen-bond donors (Lipinski definition) is 3. The summed E-state index contributed by atoms with van der Waals surface area (Å²) < 4.78 is 7.04. The van der Waals surface area contributed by atoms with E-state index in [1.807, 2.05) is 36.4 Å². The van der Waals surface area contributed by atoms with Crippen LogP contribution in [0.25, 0.3) is 11.1 Å². The van der Waals surface area contributed by atoms with Gasteiger partial charge in [-0.15, -0.1) is 0 Å². The van der Waals surface area contributed by atoms with Crippen molar-refractivity contribution in [1.29, 1.82) is 0 Å². The summed E-state index contributed by atoms with van der Waals surface area (Å²) in [6.45, 7) is 0.104. The zero-order valence-corrected chi connectivity index (χ0v) is 18.5. The number of fused-ring (bicyclic) bond motifs is 3. The number of aryl methyl sites for hydroxylation is 1. The fraction of sp³-hybridized carbons (Fsp3) is 0.200. The van der Waals surface area contributed by atoms with E-state index >= 15 is 0 Å². The van der Waals surface area contributed by atoms with Crippen LogP contribution >= 0.6 is 0 Å². The number of alkyl carbamates (subject to hydrolysis) is 1. The average Bonchev–Trinajstić information content (AvgIpc) is 3.39. The lowest BCUT2D eigenvalue weighted by Crippen LogP contribution is -2.41. The molecule has 3 aromatic rings. The molecule has 1 atom stereocenters. The van der Waals surface area contributed by atoms with Crippen LogP contribution in [0.1, 0.15) is 28.8 Å². The summed E-state index contributed by atoms with van der Waals surface area (Å²) in [4.78, 5) is 36.1. The van der Waals surface area contributed by atoms with Gasteiger partial charge in [0.05, 0.1) is 5.69 Å². The summed E-state index contributed by atoms with van der Waals surface area (Å²) in [6, 6.07) is 16.6. The molecule has 4 rings (SSSR count). The van der Waals surface area contributed by atoms with Gasteiger partial charge in [-0.3, -0.25) is 9.48 Å². The fourth-order valence-electron chi connectivity index (χ4n) is 4.12. The van der Waals surface area contributed by atoms with Crippen molar-refractivity contribution < 1.29 is 24.2 Å². The second-order valence-corrected chi connectivity index (χ2v) is 7.77. The van der Waals surface area contributed by atoms with Crippen LogP contribution in [0.4, 0.5) is 4.79 Å². The minimum atomic E-state index is -1.12. The van der Waals surface area contributed by atoms with Crippen LogP contribution in [-0.4, -0.2) is 46.0 Å². The number of carbonyl (C=O) groups excluding carboxylic acids is 2. The number of hydrogen-bond acceptors (Lipinski definition) is 5. The smallest absolute Gasteiger partial charge is 0.408 e. The normalized spacial score (nSPS) is 13.2. The first kappa shape index (κ1) is 22.8. The number of benzene rings is 2. The third-order valence-electron chi connectivity index (χ3n) is 5.68. The van der Waals surface area contributed by atoms with Gasteiger partial charge < -0.3 is 20.5 Å². The second-order valence-electron chi connectivity index (χ2n) is 7.77. The van der Waals surface area contributed by atoms with Crippen molar-refractivity contribution in [3.05, 3.63) is 89.8 Å². The SMILES string of the molecule is Cn1nccc1C(NC(=O)OCC1c2ccccc2-c2ccccc21)C(=O)NC/C=C\C(=O)O. The maximum absolute atomic E-state index is 12.8. The largest absolute Gasteiger partial charge is 0.478 e. The van der Waals surface area contributed by atoms with Crippen molar-refractivity contribution in [2.45, 2.75) is 12.0 Å². The Kier molecular flexibility index (Phi) is 6.72. The number of carbonyl (C=O) groups is 3. The van der Waals surface area contributed by atoms with Crippen molar-refractivity contribution in [1.82, 2.24) is 20.4 Å². The standard InChI is InChI=1S/C25H24N4O5/c1-29-21(12-14-27-29)23(24(32)26-13-6-11-22(30)31)28-25(33)34-15-20-18-9-4-2-7-16(18)17-8-3-5-10-19(17)20/h2-12,14,20,23H,13,15H2,1H3,(H,26,32)(H,28,33)(H,30,31)/b11-6-. The van der Waals surface area contributed by atoms with Crippen molar-refractivity contribution in [3.63, 3.8) is 0 Å². The monoisotopic (exact) mass is 460 g/mol. The third-order valence-corrected chi connectivity index (χ3v) is 5.68. The van der Waals surface area contributed by atoms with Gasteiger partial charge in [0.1, 0.15) is 6.61 Å². The summed E-state index contributed by atoms with van der Waals surface area (Å²) in [6.07, 6.45) is 3.00. The summed E-state index contributed by atoms with van der Waals surface area (Å²) >= 11 is 0. The van der Waals surface area contributed by atoms with Gasteiger partial charge in [0.25, 0.3) is 0 Å². The highest BCUT2D eigenvalue weighted by atomic mass is 16.5. The summed E-state index contributed by atoms with van der Waals surface area (Å²) in [7, 11) is 1.65. The third kappa shape index (κ3) is 4.83. The maximum Gasteiger partial charge on any atom is 0.408 e. The summed E-state index contributed by atoms with van der Waals surface area (Å²) in [5.74, 6) is -1.75. The van der Waals surface area contributed by atoms with Crippen LogP contribution in [0.2, 0.25) is 0 Å². The van der Waals surface area contributed by atoms with Crippen LogP contribution in [0.15, 0.2) is 72.9 Å². The molecule has 2 amide bonds. The molecule has 2 aromatic carbocycles. The first-order chi connectivity index (χ1) is 16.5. The predicted molar refractivity (Wildman–Crippen MR) is 124 cm³/mol. The second kappa shape index (κ2) is 10.0. The van der Waals surface area contributed by atoms with Crippen LogP contribution in [0.3, 0.4) is 0 Å². The van der Waals surface area contributed by atoms with Gasteiger partial charge in [-0.1, -0.05) is 54.6 Å². The lowest BCUT2D eigenvalue weighted by Gasteiger charge is -2.19. The molecule has 1 aliphatic carbocycles. The molecule has 0 radical (unpaired) electrons. The Hall–Kier alpha value is -4.40. The fourth-order valence-corrected chi connectivity index (χ4v) is 4.12. The molecular formula is C25H24N4O5. The summed E-state index contributed by atoms with van der Waals surface area (Å²) in [5.41, 5.74) is 4.86. The lowest BCUT2D eigenvalue weighted by molar-refractivity contribution is -0.131. The van der Waals surface area contributed by atoms with E-state index in [4.69, 9.17) is 9.84 Å². The van der Waals surface area contributed by atoms with E-state index in [1.165, 1.54) is 17.0 Å². The van der Waals surface area contributed by atoms with Gasteiger partial charge in [-0.05, 0) is 28.3 Å². The molecule has 3 N–H and O–H groups in total.